The second-order valence-electron chi connectivity index (χ2n) is 6.59. The van der Waals surface area contributed by atoms with Crippen LogP contribution in [-0.2, 0) is 27.8 Å². The van der Waals surface area contributed by atoms with Crippen molar-refractivity contribution >= 4 is 15.9 Å². The van der Waals surface area contributed by atoms with Crippen LogP contribution >= 0.6 is 0 Å². The Morgan fingerprint density at radius 2 is 1.62 bits per heavy atom. The van der Waals surface area contributed by atoms with Crippen molar-refractivity contribution in [3.63, 3.8) is 0 Å². The number of benzene rings is 2. The number of amides is 1. The SMILES string of the molecule is Cc1ccc(C[NH+](C)CC(=O)NCCc2ccc(S(N)(=O)=O)cc2)cc1. The van der Waals surface area contributed by atoms with Crippen molar-refractivity contribution in [3.05, 3.63) is 65.2 Å². The van der Waals surface area contributed by atoms with Crippen LogP contribution in [0.25, 0.3) is 0 Å². The van der Waals surface area contributed by atoms with Crippen LogP contribution in [0.5, 0.6) is 0 Å². The molecule has 1 unspecified atom stereocenters. The van der Waals surface area contributed by atoms with Crippen molar-refractivity contribution in [2.24, 2.45) is 5.14 Å². The normalized spacial score (nSPS) is 12.6. The largest absolute Gasteiger partial charge is 0.351 e. The van der Waals surface area contributed by atoms with E-state index in [1.54, 1.807) is 12.1 Å². The Labute approximate surface area is 155 Å². The molecule has 0 radical (unpaired) electrons. The van der Waals surface area contributed by atoms with Gasteiger partial charge >= 0.3 is 0 Å². The van der Waals surface area contributed by atoms with Crippen LogP contribution in [0.1, 0.15) is 16.7 Å². The number of likely N-dealkylation sites (N-methyl/N-ethyl adjacent to an activating group) is 1. The Bertz CT molecular complexity index is 831. The van der Waals surface area contributed by atoms with Gasteiger partial charge in [-0.3, -0.25) is 4.79 Å². The summed E-state index contributed by atoms with van der Waals surface area (Å²) in [7, 11) is -1.68. The third-order valence-corrected chi connectivity index (χ3v) is 5.01. The number of nitrogens with one attached hydrogen (secondary N) is 2. The van der Waals surface area contributed by atoms with Gasteiger partial charge in [0.1, 0.15) is 6.54 Å². The quantitative estimate of drug-likeness (QED) is 0.606. The van der Waals surface area contributed by atoms with Gasteiger partial charge in [-0.2, -0.15) is 0 Å². The van der Waals surface area contributed by atoms with Gasteiger partial charge in [0.15, 0.2) is 6.54 Å². The number of quaternary nitrogens is 1. The molecule has 2 aromatic carbocycles. The first-order chi connectivity index (χ1) is 12.2. The van der Waals surface area contributed by atoms with Gasteiger partial charge in [0.2, 0.25) is 10.0 Å². The van der Waals surface area contributed by atoms with Crippen molar-refractivity contribution in [3.8, 4) is 0 Å². The van der Waals surface area contributed by atoms with E-state index in [2.05, 4.69) is 36.5 Å². The lowest BCUT2D eigenvalue weighted by atomic mass is 10.1. The summed E-state index contributed by atoms with van der Waals surface area (Å²) in [4.78, 5) is 13.2. The summed E-state index contributed by atoms with van der Waals surface area (Å²) in [6, 6.07) is 14.7. The highest BCUT2D eigenvalue weighted by Gasteiger charge is 2.10. The highest BCUT2D eigenvalue weighted by Crippen LogP contribution is 2.08. The van der Waals surface area contributed by atoms with E-state index in [0.29, 0.717) is 19.5 Å². The van der Waals surface area contributed by atoms with E-state index in [1.165, 1.54) is 23.3 Å². The van der Waals surface area contributed by atoms with Gasteiger partial charge in [-0.25, -0.2) is 13.6 Å². The lowest BCUT2D eigenvalue weighted by Crippen LogP contribution is -3.08. The number of sulfonamides is 1. The molecule has 6 nitrogen and oxygen atoms in total. The molecule has 7 heteroatoms. The smallest absolute Gasteiger partial charge is 0.275 e. The fraction of sp³-hybridized carbons (Fsp3) is 0.316. The molecule has 1 amide bonds. The Morgan fingerprint density at radius 1 is 1.04 bits per heavy atom. The molecule has 0 saturated carbocycles. The maximum atomic E-state index is 12.0. The standard InChI is InChI=1S/C19H25N3O3S/c1-15-3-5-17(6-4-15)13-22(2)14-19(23)21-12-11-16-7-9-18(10-8-16)26(20,24)25/h3-10H,11-14H2,1-2H3,(H,21,23)(H2,20,24,25)/p+1. The Balaban J connectivity index is 1.73. The highest BCUT2D eigenvalue weighted by atomic mass is 32.2. The maximum Gasteiger partial charge on any atom is 0.275 e. The number of carbonyl (C=O) groups excluding carboxylic acids is 1. The predicted molar refractivity (Wildman–Crippen MR) is 101 cm³/mol. The molecule has 26 heavy (non-hydrogen) atoms. The van der Waals surface area contributed by atoms with Crippen LogP contribution in [0.4, 0.5) is 0 Å². The highest BCUT2D eigenvalue weighted by molar-refractivity contribution is 7.89. The average molecular weight is 377 g/mol. The summed E-state index contributed by atoms with van der Waals surface area (Å²) in [5, 5.41) is 7.97. The van der Waals surface area contributed by atoms with Crippen molar-refractivity contribution in [1.29, 1.82) is 0 Å². The van der Waals surface area contributed by atoms with Gasteiger partial charge < -0.3 is 10.2 Å². The number of aryl methyl sites for hydroxylation is 1. The van der Waals surface area contributed by atoms with Crippen LogP contribution < -0.4 is 15.4 Å². The number of nitrogens with two attached hydrogens (primary N) is 1. The van der Waals surface area contributed by atoms with E-state index in [4.69, 9.17) is 5.14 Å². The monoisotopic (exact) mass is 376 g/mol. The number of hydrogen-bond donors (Lipinski definition) is 3. The fourth-order valence-electron chi connectivity index (χ4n) is 2.65. The van der Waals surface area contributed by atoms with Crippen molar-refractivity contribution < 1.29 is 18.1 Å². The number of rotatable bonds is 8. The molecular weight excluding hydrogens is 350 g/mol. The van der Waals surface area contributed by atoms with E-state index in [-0.39, 0.29) is 10.8 Å². The average Bonchev–Trinajstić information content (AvgIpc) is 2.56. The lowest BCUT2D eigenvalue weighted by molar-refractivity contribution is -0.885. The van der Waals surface area contributed by atoms with Crippen molar-refractivity contribution in [1.82, 2.24) is 5.32 Å². The molecule has 0 fully saturated rings. The minimum Gasteiger partial charge on any atom is -0.351 e. The van der Waals surface area contributed by atoms with Crippen LogP contribution in [0.3, 0.4) is 0 Å². The molecule has 140 valence electrons. The van der Waals surface area contributed by atoms with E-state index in [1.807, 2.05) is 7.05 Å². The van der Waals surface area contributed by atoms with Crippen LogP contribution in [0.2, 0.25) is 0 Å². The number of primary sulfonamides is 1. The zero-order chi connectivity index (χ0) is 19.2. The van der Waals surface area contributed by atoms with E-state index in [0.717, 1.165) is 17.0 Å². The third kappa shape index (κ3) is 6.59. The van der Waals surface area contributed by atoms with Crippen LogP contribution in [-0.4, -0.2) is 34.5 Å². The molecule has 4 N–H and O–H groups in total. The number of carbonyl (C=O) groups is 1. The summed E-state index contributed by atoms with van der Waals surface area (Å²) in [6.07, 6.45) is 0.633. The summed E-state index contributed by atoms with van der Waals surface area (Å²) in [5.74, 6) is -0.00392. The first-order valence-corrected chi connectivity index (χ1v) is 10.0. The second kappa shape index (κ2) is 8.93. The van der Waals surface area contributed by atoms with Gasteiger partial charge in [-0.05, 0) is 31.0 Å². The van der Waals surface area contributed by atoms with Gasteiger partial charge in [0.05, 0.1) is 11.9 Å². The van der Waals surface area contributed by atoms with Crippen LogP contribution in [0, 0.1) is 6.92 Å². The summed E-state index contributed by atoms with van der Waals surface area (Å²) in [5.41, 5.74) is 3.37. The predicted octanol–water partition coefficient (Wildman–Crippen LogP) is 0.0160. The van der Waals surface area contributed by atoms with E-state index >= 15 is 0 Å². The molecule has 0 aliphatic rings. The first-order valence-electron chi connectivity index (χ1n) is 8.49. The maximum absolute atomic E-state index is 12.0. The molecule has 0 aliphatic heterocycles. The van der Waals surface area contributed by atoms with Crippen molar-refractivity contribution in [2.45, 2.75) is 24.8 Å². The molecular formula is C19H26N3O3S+. The Morgan fingerprint density at radius 3 is 2.19 bits per heavy atom. The molecule has 1 atom stereocenters. The molecule has 0 aromatic heterocycles. The second-order valence-corrected chi connectivity index (χ2v) is 8.15. The molecule has 2 aromatic rings. The molecule has 0 aliphatic carbocycles. The Hall–Kier alpha value is -2.22. The van der Waals surface area contributed by atoms with Gasteiger partial charge in [0, 0.05) is 12.1 Å². The van der Waals surface area contributed by atoms with Crippen LogP contribution in [0.15, 0.2) is 53.4 Å². The van der Waals surface area contributed by atoms with E-state index in [9.17, 15) is 13.2 Å². The molecule has 0 heterocycles. The fourth-order valence-corrected chi connectivity index (χ4v) is 3.16. The minimum absolute atomic E-state index is 0.00392. The molecule has 0 bridgehead atoms. The van der Waals surface area contributed by atoms with Gasteiger partial charge in [-0.1, -0.05) is 42.0 Å². The minimum atomic E-state index is -3.67. The summed E-state index contributed by atoms with van der Waals surface area (Å²) < 4.78 is 22.4. The first kappa shape index (κ1) is 20.1. The van der Waals surface area contributed by atoms with Gasteiger partial charge in [-0.15, -0.1) is 0 Å². The zero-order valence-electron chi connectivity index (χ0n) is 15.2. The third-order valence-electron chi connectivity index (χ3n) is 4.08. The van der Waals surface area contributed by atoms with E-state index < -0.39 is 10.0 Å². The summed E-state index contributed by atoms with van der Waals surface area (Å²) in [6.45, 7) is 3.75. The number of hydrogen-bond acceptors (Lipinski definition) is 3. The Kier molecular flexibility index (Phi) is 6.90. The molecule has 2 rings (SSSR count). The summed E-state index contributed by atoms with van der Waals surface area (Å²) >= 11 is 0. The zero-order valence-corrected chi connectivity index (χ0v) is 16.0. The molecule has 0 spiro atoms. The lowest BCUT2D eigenvalue weighted by Gasteiger charge is -2.14. The van der Waals surface area contributed by atoms with Crippen molar-refractivity contribution in [2.75, 3.05) is 20.1 Å². The van der Waals surface area contributed by atoms with Gasteiger partial charge in [0.25, 0.3) is 5.91 Å². The topological polar surface area (TPSA) is 93.7 Å². The molecule has 0 saturated heterocycles.